The fraction of sp³-hybridized carbons (Fsp3) is 0.538. The summed E-state index contributed by atoms with van der Waals surface area (Å²) in [6.45, 7) is 6.42. The molecule has 2 rings (SSSR count). The van der Waals surface area contributed by atoms with Crippen molar-refractivity contribution in [3.8, 4) is 0 Å². The van der Waals surface area contributed by atoms with Gasteiger partial charge in [-0.3, -0.25) is 4.68 Å². The lowest BCUT2D eigenvalue weighted by Gasteiger charge is -2.09. The Balaban J connectivity index is 1.97. The molecule has 6 heteroatoms. The molecule has 0 radical (unpaired) electrons. The molecule has 0 unspecified atom stereocenters. The number of hydrogen-bond donors (Lipinski definition) is 1. The van der Waals surface area contributed by atoms with Crippen LogP contribution in [0.25, 0.3) is 0 Å². The van der Waals surface area contributed by atoms with Crippen molar-refractivity contribution in [2.24, 2.45) is 7.05 Å². The molecule has 0 amide bonds. The Hall–Kier alpha value is -1.82. The van der Waals surface area contributed by atoms with E-state index in [1.54, 1.807) is 10.9 Å². The van der Waals surface area contributed by atoms with Gasteiger partial charge in [-0.1, -0.05) is 0 Å². The second kappa shape index (κ2) is 6.38. The number of aromatic nitrogens is 4. The molecule has 0 fully saturated rings. The number of ether oxygens (including phenoxy) is 1. The molecule has 0 aliphatic rings. The van der Waals surface area contributed by atoms with Gasteiger partial charge in [-0.15, -0.1) is 0 Å². The third-order valence-corrected chi connectivity index (χ3v) is 2.87. The minimum absolute atomic E-state index is 0.768. The van der Waals surface area contributed by atoms with Crippen molar-refractivity contribution < 1.29 is 4.74 Å². The standard InChI is InChI=1S/C13H21N5O/c1-4-19-9-5-7-18-8-6-14-13(18)15-12-10-17(3)16-11(12)2/h6,8,10H,4-5,7,9H2,1-3H3,(H,14,15). The first-order valence-electron chi connectivity index (χ1n) is 6.57. The van der Waals surface area contributed by atoms with Gasteiger partial charge in [0.05, 0.1) is 11.4 Å². The quantitative estimate of drug-likeness (QED) is 0.777. The predicted octanol–water partition coefficient (Wildman–Crippen LogP) is 2.10. The van der Waals surface area contributed by atoms with Gasteiger partial charge in [-0.05, 0) is 20.3 Å². The van der Waals surface area contributed by atoms with Gasteiger partial charge in [0, 0.05) is 45.4 Å². The van der Waals surface area contributed by atoms with E-state index in [1.165, 1.54) is 0 Å². The van der Waals surface area contributed by atoms with E-state index in [9.17, 15) is 0 Å². The van der Waals surface area contributed by atoms with Gasteiger partial charge < -0.3 is 14.6 Å². The maximum absolute atomic E-state index is 5.34. The summed E-state index contributed by atoms with van der Waals surface area (Å²) in [6.07, 6.45) is 6.70. The highest BCUT2D eigenvalue weighted by Gasteiger charge is 2.07. The van der Waals surface area contributed by atoms with Crippen LogP contribution in [0, 0.1) is 6.92 Å². The zero-order chi connectivity index (χ0) is 13.7. The number of anilines is 2. The smallest absolute Gasteiger partial charge is 0.207 e. The van der Waals surface area contributed by atoms with Gasteiger partial charge in [0.1, 0.15) is 0 Å². The first-order valence-corrected chi connectivity index (χ1v) is 6.57. The van der Waals surface area contributed by atoms with Crippen molar-refractivity contribution in [3.05, 3.63) is 24.3 Å². The predicted molar refractivity (Wildman–Crippen MR) is 74.6 cm³/mol. The summed E-state index contributed by atoms with van der Waals surface area (Å²) >= 11 is 0. The van der Waals surface area contributed by atoms with E-state index in [2.05, 4.69) is 20.0 Å². The van der Waals surface area contributed by atoms with E-state index in [1.807, 2.05) is 33.3 Å². The lowest BCUT2D eigenvalue weighted by Crippen LogP contribution is -2.06. The summed E-state index contributed by atoms with van der Waals surface area (Å²) in [6, 6.07) is 0. The van der Waals surface area contributed by atoms with E-state index in [0.29, 0.717) is 0 Å². The van der Waals surface area contributed by atoms with Crippen molar-refractivity contribution >= 4 is 11.6 Å². The molecular formula is C13H21N5O. The van der Waals surface area contributed by atoms with Gasteiger partial charge in [0.15, 0.2) is 0 Å². The Morgan fingerprint density at radius 3 is 2.95 bits per heavy atom. The Kier molecular flexibility index (Phi) is 4.57. The molecule has 2 heterocycles. The lowest BCUT2D eigenvalue weighted by molar-refractivity contribution is 0.142. The third kappa shape index (κ3) is 3.57. The van der Waals surface area contributed by atoms with E-state index < -0.39 is 0 Å². The van der Waals surface area contributed by atoms with E-state index in [-0.39, 0.29) is 0 Å². The molecule has 0 saturated heterocycles. The molecule has 0 aromatic carbocycles. The monoisotopic (exact) mass is 263 g/mol. The summed E-state index contributed by atoms with van der Waals surface area (Å²) in [4.78, 5) is 4.33. The van der Waals surface area contributed by atoms with Crippen LogP contribution < -0.4 is 5.32 Å². The van der Waals surface area contributed by atoms with Crippen molar-refractivity contribution in [2.45, 2.75) is 26.8 Å². The number of nitrogens with one attached hydrogen (secondary N) is 1. The van der Waals surface area contributed by atoms with Crippen molar-refractivity contribution in [3.63, 3.8) is 0 Å². The highest BCUT2D eigenvalue weighted by Crippen LogP contribution is 2.17. The maximum Gasteiger partial charge on any atom is 0.207 e. The van der Waals surface area contributed by atoms with Gasteiger partial charge >= 0.3 is 0 Å². The van der Waals surface area contributed by atoms with Crippen LogP contribution in [0.4, 0.5) is 11.6 Å². The third-order valence-electron chi connectivity index (χ3n) is 2.87. The van der Waals surface area contributed by atoms with Crippen LogP contribution in [-0.4, -0.2) is 32.5 Å². The largest absolute Gasteiger partial charge is 0.382 e. The fourth-order valence-electron chi connectivity index (χ4n) is 1.94. The van der Waals surface area contributed by atoms with Crippen LogP contribution >= 0.6 is 0 Å². The number of nitrogens with zero attached hydrogens (tertiary/aromatic N) is 4. The second-order valence-corrected chi connectivity index (χ2v) is 4.42. The minimum Gasteiger partial charge on any atom is -0.382 e. The summed E-state index contributed by atoms with van der Waals surface area (Å²) in [5, 5.41) is 7.62. The Labute approximate surface area is 113 Å². The van der Waals surface area contributed by atoms with Crippen LogP contribution in [0.3, 0.4) is 0 Å². The van der Waals surface area contributed by atoms with Gasteiger partial charge in [0.2, 0.25) is 5.95 Å². The zero-order valence-electron chi connectivity index (χ0n) is 11.8. The van der Waals surface area contributed by atoms with Crippen LogP contribution in [0.1, 0.15) is 19.0 Å². The average Bonchev–Trinajstić information content (AvgIpc) is 2.93. The first kappa shape index (κ1) is 13.6. The molecule has 6 nitrogen and oxygen atoms in total. The van der Waals surface area contributed by atoms with Gasteiger partial charge in [-0.2, -0.15) is 5.10 Å². The van der Waals surface area contributed by atoms with Crippen LogP contribution in [0.2, 0.25) is 0 Å². The molecular weight excluding hydrogens is 242 g/mol. The second-order valence-electron chi connectivity index (χ2n) is 4.42. The van der Waals surface area contributed by atoms with Crippen LogP contribution in [0.15, 0.2) is 18.6 Å². The Bertz CT molecular complexity index is 517. The molecule has 0 bridgehead atoms. The molecule has 0 spiro atoms. The highest BCUT2D eigenvalue weighted by atomic mass is 16.5. The molecule has 104 valence electrons. The van der Waals surface area contributed by atoms with Crippen molar-refractivity contribution in [1.29, 1.82) is 0 Å². The molecule has 1 N–H and O–H groups in total. The van der Waals surface area contributed by atoms with Gasteiger partial charge in [0.25, 0.3) is 0 Å². The van der Waals surface area contributed by atoms with Crippen molar-refractivity contribution in [2.75, 3.05) is 18.5 Å². The SMILES string of the molecule is CCOCCCn1ccnc1Nc1cn(C)nc1C. The molecule has 0 atom stereocenters. The topological polar surface area (TPSA) is 56.9 Å². The molecule has 2 aromatic heterocycles. The fourth-order valence-corrected chi connectivity index (χ4v) is 1.94. The Morgan fingerprint density at radius 2 is 2.26 bits per heavy atom. The molecule has 2 aromatic rings. The number of imidazole rings is 1. The van der Waals surface area contributed by atoms with Crippen molar-refractivity contribution in [1.82, 2.24) is 19.3 Å². The molecule has 0 aliphatic carbocycles. The summed E-state index contributed by atoms with van der Waals surface area (Å²) in [7, 11) is 1.91. The number of aryl methyl sites for hydroxylation is 3. The Morgan fingerprint density at radius 1 is 1.42 bits per heavy atom. The summed E-state index contributed by atoms with van der Waals surface area (Å²) in [5.41, 5.74) is 1.95. The van der Waals surface area contributed by atoms with Crippen LogP contribution in [0.5, 0.6) is 0 Å². The lowest BCUT2D eigenvalue weighted by atomic mass is 10.4. The normalized spacial score (nSPS) is 10.9. The first-order chi connectivity index (χ1) is 9.20. The zero-order valence-corrected chi connectivity index (χ0v) is 11.8. The van der Waals surface area contributed by atoms with Gasteiger partial charge in [-0.25, -0.2) is 4.98 Å². The summed E-state index contributed by atoms with van der Waals surface area (Å²) in [5.74, 6) is 0.840. The van der Waals surface area contributed by atoms with E-state index in [0.717, 1.165) is 43.5 Å². The van der Waals surface area contributed by atoms with Crippen LogP contribution in [-0.2, 0) is 18.3 Å². The molecule has 19 heavy (non-hydrogen) atoms. The molecule has 0 aliphatic heterocycles. The number of rotatable bonds is 7. The summed E-state index contributed by atoms with van der Waals surface area (Å²) < 4.78 is 9.23. The number of hydrogen-bond acceptors (Lipinski definition) is 4. The highest BCUT2D eigenvalue weighted by molar-refractivity contribution is 5.55. The average molecular weight is 263 g/mol. The van der Waals surface area contributed by atoms with E-state index in [4.69, 9.17) is 4.74 Å². The maximum atomic E-state index is 5.34. The minimum atomic E-state index is 0.768. The van der Waals surface area contributed by atoms with E-state index >= 15 is 0 Å². The molecule has 0 saturated carbocycles.